The average molecular weight is 282 g/mol. The number of nitrogens with two attached hydrogens (primary N) is 1. The third-order valence-corrected chi connectivity index (χ3v) is 3.78. The molecular weight excluding hydrogens is 268 g/mol. The lowest BCUT2D eigenvalue weighted by atomic mass is 10.1. The van der Waals surface area contributed by atoms with Gasteiger partial charge in [0.1, 0.15) is 5.69 Å². The van der Waals surface area contributed by atoms with Crippen LogP contribution < -0.4 is 5.73 Å². The Balaban J connectivity index is 2.06. The quantitative estimate of drug-likeness (QED) is 0.749. The molecule has 100 valence electrons. The van der Waals surface area contributed by atoms with E-state index in [4.69, 9.17) is 5.73 Å². The van der Waals surface area contributed by atoms with Crippen molar-refractivity contribution in [2.75, 3.05) is 12.0 Å². The van der Waals surface area contributed by atoms with Crippen LogP contribution in [0.5, 0.6) is 0 Å². The molecule has 2 aromatic carbocycles. The first-order valence-electron chi connectivity index (χ1n) is 6.20. The third-order valence-electron chi connectivity index (χ3n) is 3.05. The molecule has 2 N–H and O–H groups in total. The van der Waals surface area contributed by atoms with Crippen LogP contribution in [0.15, 0.2) is 59.5 Å². The second-order valence-corrected chi connectivity index (χ2v) is 5.18. The molecule has 0 atom stereocenters. The summed E-state index contributed by atoms with van der Waals surface area (Å²) in [4.78, 5) is 1.17. The minimum atomic E-state index is 0.550. The SMILES string of the molecule is CSc1cccc(-n2nnc(-c3ccccc3)c2N)c1. The highest BCUT2D eigenvalue weighted by Crippen LogP contribution is 2.26. The Labute approximate surface area is 121 Å². The van der Waals surface area contributed by atoms with Gasteiger partial charge in [-0.2, -0.15) is 4.68 Å². The summed E-state index contributed by atoms with van der Waals surface area (Å²) < 4.78 is 1.67. The Morgan fingerprint density at radius 1 is 1.05 bits per heavy atom. The zero-order chi connectivity index (χ0) is 13.9. The van der Waals surface area contributed by atoms with Crippen molar-refractivity contribution in [3.63, 3.8) is 0 Å². The number of hydrogen-bond donors (Lipinski definition) is 1. The Bertz CT molecular complexity index is 722. The number of nitrogens with zero attached hydrogens (tertiary/aromatic N) is 3. The Morgan fingerprint density at radius 2 is 1.85 bits per heavy atom. The van der Waals surface area contributed by atoms with E-state index in [0.29, 0.717) is 11.5 Å². The molecule has 0 fully saturated rings. The second kappa shape index (κ2) is 5.38. The van der Waals surface area contributed by atoms with Gasteiger partial charge >= 0.3 is 0 Å². The van der Waals surface area contributed by atoms with Gasteiger partial charge in [-0.1, -0.05) is 41.6 Å². The first-order chi connectivity index (χ1) is 9.79. The van der Waals surface area contributed by atoms with E-state index < -0.39 is 0 Å². The number of nitrogen functional groups attached to an aromatic ring is 1. The van der Waals surface area contributed by atoms with E-state index in [9.17, 15) is 0 Å². The smallest absolute Gasteiger partial charge is 0.155 e. The van der Waals surface area contributed by atoms with Gasteiger partial charge in [0.2, 0.25) is 0 Å². The van der Waals surface area contributed by atoms with Gasteiger partial charge in [0.15, 0.2) is 5.82 Å². The van der Waals surface area contributed by atoms with Gasteiger partial charge in [-0.15, -0.1) is 16.9 Å². The van der Waals surface area contributed by atoms with Crippen LogP contribution in [0.3, 0.4) is 0 Å². The van der Waals surface area contributed by atoms with Crippen LogP contribution in [0.2, 0.25) is 0 Å². The number of benzene rings is 2. The van der Waals surface area contributed by atoms with Gasteiger partial charge in [-0.05, 0) is 24.5 Å². The average Bonchev–Trinajstić information content (AvgIpc) is 2.90. The first kappa shape index (κ1) is 12.7. The Morgan fingerprint density at radius 3 is 2.60 bits per heavy atom. The number of hydrogen-bond acceptors (Lipinski definition) is 4. The molecule has 1 heterocycles. The molecule has 0 aliphatic heterocycles. The van der Waals surface area contributed by atoms with E-state index in [0.717, 1.165) is 11.3 Å². The topological polar surface area (TPSA) is 56.7 Å². The molecule has 3 aromatic rings. The second-order valence-electron chi connectivity index (χ2n) is 4.30. The lowest BCUT2D eigenvalue weighted by Gasteiger charge is -2.05. The third kappa shape index (κ3) is 2.28. The fourth-order valence-electron chi connectivity index (χ4n) is 2.02. The van der Waals surface area contributed by atoms with Gasteiger partial charge in [-0.25, -0.2) is 0 Å². The summed E-state index contributed by atoms with van der Waals surface area (Å²) in [5.41, 5.74) is 8.79. The first-order valence-corrected chi connectivity index (χ1v) is 7.43. The fourth-order valence-corrected chi connectivity index (χ4v) is 2.48. The molecule has 0 spiro atoms. The van der Waals surface area contributed by atoms with Crippen molar-refractivity contribution in [3.05, 3.63) is 54.6 Å². The summed E-state index contributed by atoms with van der Waals surface area (Å²) in [6, 6.07) is 17.9. The van der Waals surface area contributed by atoms with Gasteiger partial charge in [-0.3, -0.25) is 0 Å². The largest absolute Gasteiger partial charge is 0.382 e. The van der Waals surface area contributed by atoms with Crippen LogP contribution in [0.4, 0.5) is 5.82 Å². The summed E-state index contributed by atoms with van der Waals surface area (Å²) >= 11 is 1.68. The predicted octanol–water partition coefficient (Wildman–Crippen LogP) is 3.24. The van der Waals surface area contributed by atoms with Crippen molar-refractivity contribution in [2.45, 2.75) is 4.90 Å². The predicted molar refractivity (Wildman–Crippen MR) is 83.0 cm³/mol. The van der Waals surface area contributed by atoms with Gasteiger partial charge in [0.25, 0.3) is 0 Å². The Hall–Kier alpha value is -2.27. The van der Waals surface area contributed by atoms with E-state index >= 15 is 0 Å². The molecular formula is C15H14N4S. The van der Waals surface area contributed by atoms with E-state index in [1.165, 1.54) is 4.90 Å². The summed E-state index contributed by atoms with van der Waals surface area (Å²) in [6.07, 6.45) is 2.04. The van der Waals surface area contributed by atoms with Crippen molar-refractivity contribution < 1.29 is 0 Å². The van der Waals surface area contributed by atoms with Crippen LogP contribution in [-0.2, 0) is 0 Å². The lowest BCUT2D eigenvalue weighted by Crippen LogP contribution is -2.02. The molecule has 3 rings (SSSR count). The van der Waals surface area contributed by atoms with Crippen molar-refractivity contribution in [2.24, 2.45) is 0 Å². The van der Waals surface area contributed by atoms with Crippen LogP contribution in [0.25, 0.3) is 16.9 Å². The lowest BCUT2D eigenvalue weighted by molar-refractivity contribution is 0.808. The van der Waals surface area contributed by atoms with E-state index in [1.807, 2.05) is 54.8 Å². The normalized spacial score (nSPS) is 10.7. The maximum atomic E-state index is 6.19. The molecule has 0 bridgehead atoms. The number of rotatable bonds is 3. The number of anilines is 1. The van der Waals surface area contributed by atoms with E-state index in [1.54, 1.807) is 16.4 Å². The zero-order valence-corrected chi connectivity index (χ0v) is 11.8. The molecule has 0 saturated heterocycles. The number of thioether (sulfide) groups is 1. The fraction of sp³-hybridized carbons (Fsp3) is 0.0667. The maximum Gasteiger partial charge on any atom is 0.155 e. The van der Waals surface area contributed by atoms with E-state index in [2.05, 4.69) is 16.4 Å². The highest BCUT2D eigenvalue weighted by Gasteiger charge is 2.12. The molecule has 0 aliphatic rings. The van der Waals surface area contributed by atoms with Gasteiger partial charge in [0.05, 0.1) is 5.69 Å². The standard InChI is InChI=1S/C15H14N4S/c1-20-13-9-5-8-12(10-13)19-15(16)14(17-18-19)11-6-3-2-4-7-11/h2-10H,16H2,1H3. The maximum absolute atomic E-state index is 6.19. The highest BCUT2D eigenvalue weighted by molar-refractivity contribution is 7.98. The van der Waals surface area contributed by atoms with Crippen molar-refractivity contribution in [1.29, 1.82) is 0 Å². The molecule has 5 heteroatoms. The van der Waals surface area contributed by atoms with Gasteiger partial charge < -0.3 is 5.73 Å². The molecule has 0 radical (unpaired) electrons. The van der Waals surface area contributed by atoms with E-state index in [-0.39, 0.29) is 0 Å². The molecule has 0 saturated carbocycles. The van der Waals surface area contributed by atoms with Gasteiger partial charge in [0, 0.05) is 10.5 Å². The molecule has 0 aliphatic carbocycles. The molecule has 1 aromatic heterocycles. The summed E-state index contributed by atoms with van der Waals surface area (Å²) in [5.74, 6) is 0.550. The monoisotopic (exact) mass is 282 g/mol. The number of aromatic nitrogens is 3. The molecule has 0 amide bonds. The Kier molecular flexibility index (Phi) is 3.43. The van der Waals surface area contributed by atoms with Crippen LogP contribution >= 0.6 is 11.8 Å². The summed E-state index contributed by atoms with van der Waals surface area (Å²) in [7, 11) is 0. The van der Waals surface area contributed by atoms with Crippen LogP contribution in [-0.4, -0.2) is 21.2 Å². The minimum absolute atomic E-state index is 0.550. The van der Waals surface area contributed by atoms with Crippen molar-refractivity contribution >= 4 is 17.6 Å². The van der Waals surface area contributed by atoms with Crippen LogP contribution in [0.1, 0.15) is 0 Å². The highest BCUT2D eigenvalue weighted by atomic mass is 32.2. The van der Waals surface area contributed by atoms with Crippen LogP contribution in [0, 0.1) is 0 Å². The molecule has 0 unspecified atom stereocenters. The van der Waals surface area contributed by atoms with Crippen molar-refractivity contribution in [3.8, 4) is 16.9 Å². The summed E-state index contributed by atoms with van der Waals surface area (Å²) in [5, 5.41) is 8.37. The zero-order valence-electron chi connectivity index (χ0n) is 11.0. The molecule has 20 heavy (non-hydrogen) atoms. The summed E-state index contributed by atoms with van der Waals surface area (Å²) in [6.45, 7) is 0. The van der Waals surface area contributed by atoms with Crippen molar-refractivity contribution in [1.82, 2.24) is 15.0 Å². The molecule has 4 nitrogen and oxygen atoms in total. The minimum Gasteiger partial charge on any atom is -0.382 e.